The first kappa shape index (κ1) is 20.1. The minimum Gasteiger partial charge on any atom is -0.357 e. The molecule has 0 saturated carbocycles. The summed E-state index contributed by atoms with van der Waals surface area (Å²) >= 11 is 0. The number of nitrogens with one attached hydrogen (secondary N) is 2. The van der Waals surface area contributed by atoms with Gasteiger partial charge in [-0.1, -0.05) is 13.3 Å². The van der Waals surface area contributed by atoms with E-state index in [9.17, 15) is 0 Å². The number of aromatic nitrogens is 3. The second-order valence-electron chi connectivity index (χ2n) is 5.65. The van der Waals surface area contributed by atoms with Crippen LogP contribution in [0.4, 0.5) is 0 Å². The Bertz CT molecular complexity index is 474. The summed E-state index contributed by atoms with van der Waals surface area (Å²) < 4.78 is 1.76. The number of nitrogens with zero attached hydrogens (tertiary/aromatic N) is 5. The quantitative estimate of drug-likeness (QED) is 0.401. The molecular weight excluding hydrogens is 405 g/mol. The average Bonchev–Trinajstić information content (AvgIpc) is 2.95. The largest absolute Gasteiger partial charge is 0.357 e. The van der Waals surface area contributed by atoms with Gasteiger partial charge >= 0.3 is 0 Å². The first-order chi connectivity index (χ1) is 10.7. The molecule has 132 valence electrons. The number of piperidine rings is 1. The van der Waals surface area contributed by atoms with Gasteiger partial charge in [-0.05, 0) is 32.9 Å². The van der Waals surface area contributed by atoms with Crippen molar-refractivity contribution in [3.8, 4) is 0 Å². The van der Waals surface area contributed by atoms with Crippen LogP contribution in [0.5, 0.6) is 0 Å². The van der Waals surface area contributed by atoms with Crippen LogP contribution in [-0.4, -0.2) is 57.8 Å². The molecule has 1 aliphatic heterocycles. The van der Waals surface area contributed by atoms with Crippen molar-refractivity contribution >= 4 is 29.9 Å². The van der Waals surface area contributed by atoms with E-state index in [1.807, 2.05) is 7.05 Å². The second-order valence-corrected chi connectivity index (χ2v) is 5.65. The Morgan fingerprint density at radius 2 is 2.17 bits per heavy atom. The molecule has 8 heteroatoms. The summed E-state index contributed by atoms with van der Waals surface area (Å²) in [6.07, 6.45) is 5.48. The predicted molar refractivity (Wildman–Crippen MR) is 104 cm³/mol. The first-order valence-electron chi connectivity index (χ1n) is 8.33. The lowest BCUT2D eigenvalue weighted by Crippen LogP contribution is -2.49. The summed E-state index contributed by atoms with van der Waals surface area (Å²) in [5.74, 6) is 1.72. The smallest absolute Gasteiger partial charge is 0.191 e. The van der Waals surface area contributed by atoms with Crippen molar-refractivity contribution in [3.63, 3.8) is 0 Å². The molecule has 1 unspecified atom stereocenters. The maximum absolute atomic E-state index is 4.60. The van der Waals surface area contributed by atoms with Crippen molar-refractivity contribution in [2.24, 2.45) is 12.0 Å². The van der Waals surface area contributed by atoms with Crippen molar-refractivity contribution in [2.75, 3.05) is 26.2 Å². The van der Waals surface area contributed by atoms with Gasteiger partial charge in [0.1, 0.15) is 18.7 Å². The van der Waals surface area contributed by atoms with Gasteiger partial charge in [0.25, 0.3) is 0 Å². The lowest BCUT2D eigenvalue weighted by Gasteiger charge is -2.35. The highest BCUT2D eigenvalue weighted by Gasteiger charge is 2.20. The zero-order chi connectivity index (χ0) is 15.8. The summed E-state index contributed by atoms with van der Waals surface area (Å²) in [5.41, 5.74) is 0. The summed E-state index contributed by atoms with van der Waals surface area (Å²) in [6, 6.07) is 0.609. The monoisotopic (exact) mass is 435 g/mol. The zero-order valence-corrected chi connectivity index (χ0v) is 16.8. The van der Waals surface area contributed by atoms with Gasteiger partial charge in [0, 0.05) is 26.2 Å². The van der Waals surface area contributed by atoms with Crippen LogP contribution in [-0.2, 0) is 13.6 Å². The molecule has 0 bridgehead atoms. The summed E-state index contributed by atoms with van der Waals surface area (Å²) in [4.78, 5) is 11.4. The number of guanidine groups is 1. The molecule has 23 heavy (non-hydrogen) atoms. The van der Waals surface area contributed by atoms with Crippen LogP contribution in [0.1, 0.15) is 38.9 Å². The molecular formula is C15H30IN7. The summed E-state index contributed by atoms with van der Waals surface area (Å²) in [7, 11) is 1.89. The Balaban J connectivity index is 0.00000264. The highest BCUT2D eigenvalue weighted by molar-refractivity contribution is 14.0. The van der Waals surface area contributed by atoms with Crippen molar-refractivity contribution < 1.29 is 0 Å². The maximum atomic E-state index is 4.60. The fourth-order valence-electron chi connectivity index (χ4n) is 2.88. The van der Waals surface area contributed by atoms with E-state index in [0.717, 1.165) is 31.4 Å². The highest BCUT2D eigenvalue weighted by Crippen LogP contribution is 2.15. The molecule has 1 aromatic heterocycles. The molecule has 1 saturated heterocycles. The molecule has 2 heterocycles. The molecule has 0 radical (unpaired) electrons. The van der Waals surface area contributed by atoms with Gasteiger partial charge < -0.3 is 10.6 Å². The third-order valence-electron chi connectivity index (χ3n) is 4.19. The minimum atomic E-state index is 0. The minimum absolute atomic E-state index is 0. The van der Waals surface area contributed by atoms with E-state index in [0.29, 0.717) is 12.6 Å². The molecule has 0 amide bonds. The van der Waals surface area contributed by atoms with Crippen molar-refractivity contribution in [2.45, 2.75) is 45.7 Å². The molecule has 1 aliphatic rings. The van der Waals surface area contributed by atoms with Gasteiger partial charge in [0.2, 0.25) is 0 Å². The fourth-order valence-corrected chi connectivity index (χ4v) is 2.88. The maximum Gasteiger partial charge on any atom is 0.191 e. The summed E-state index contributed by atoms with van der Waals surface area (Å²) in [6.45, 7) is 9.00. The zero-order valence-electron chi connectivity index (χ0n) is 14.5. The molecule has 2 rings (SSSR count). The Labute approximate surface area is 156 Å². The number of rotatable bonds is 6. The number of likely N-dealkylation sites (N-methyl/N-ethyl adjacent to an activating group) is 1. The SMILES string of the molecule is CCNC(=NCc1ncnn1C)NCC1CCCCN1CC.I. The van der Waals surface area contributed by atoms with Gasteiger partial charge in [-0.2, -0.15) is 5.10 Å². The van der Waals surface area contributed by atoms with Crippen LogP contribution in [0.25, 0.3) is 0 Å². The van der Waals surface area contributed by atoms with E-state index < -0.39 is 0 Å². The molecule has 1 fully saturated rings. The fraction of sp³-hybridized carbons (Fsp3) is 0.800. The third kappa shape index (κ3) is 6.25. The number of aryl methyl sites for hydroxylation is 1. The number of aliphatic imine (C=N–C) groups is 1. The van der Waals surface area contributed by atoms with Gasteiger partial charge in [-0.15, -0.1) is 24.0 Å². The second kappa shape index (κ2) is 10.8. The lowest BCUT2D eigenvalue weighted by molar-refractivity contribution is 0.157. The van der Waals surface area contributed by atoms with Crippen LogP contribution < -0.4 is 10.6 Å². The molecule has 7 nitrogen and oxygen atoms in total. The standard InChI is InChI=1S/C15H29N7.HI/c1-4-16-15(18-11-14-19-12-20-21(14)3)17-10-13-8-6-7-9-22(13)5-2;/h12-13H,4-11H2,1-3H3,(H2,16,17,18);1H. The van der Waals surface area contributed by atoms with Crippen molar-refractivity contribution in [1.82, 2.24) is 30.3 Å². The predicted octanol–water partition coefficient (Wildman–Crippen LogP) is 1.36. The average molecular weight is 435 g/mol. The number of likely N-dealkylation sites (tertiary alicyclic amines) is 1. The van der Waals surface area contributed by atoms with E-state index in [4.69, 9.17) is 0 Å². The molecule has 1 atom stereocenters. The molecule has 1 aromatic rings. The van der Waals surface area contributed by atoms with Crippen molar-refractivity contribution in [1.29, 1.82) is 0 Å². The van der Waals surface area contributed by atoms with Gasteiger partial charge in [-0.25, -0.2) is 9.98 Å². The topological polar surface area (TPSA) is 70.4 Å². The Morgan fingerprint density at radius 3 is 2.83 bits per heavy atom. The third-order valence-corrected chi connectivity index (χ3v) is 4.19. The van der Waals surface area contributed by atoms with E-state index in [1.165, 1.54) is 25.8 Å². The van der Waals surface area contributed by atoms with Crippen LogP contribution in [0.2, 0.25) is 0 Å². The van der Waals surface area contributed by atoms with Gasteiger partial charge in [0.15, 0.2) is 5.96 Å². The normalized spacial score (nSPS) is 19.3. The van der Waals surface area contributed by atoms with Gasteiger partial charge in [0.05, 0.1) is 0 Å². The van der Waals surface area contributed by atoms with Crippen LogP contribution in [0, 0.1) is 0 Å². The van der Waals surface area contributed by atoms with Crippen LogP contribution >= 0.6 is 24.0 Å². The van der Waals surface area contributed by atoms with Gasteiger partial charge in [-0.3, -0.25) is 9.58 Å². The van der Waals surface area contributed by atoms with Crippen molar-refractivity contribution in [3.05, 3.63) is 12.2 Å². The molecule has 0 spiro atoms. The Morgan fingerprint density at radius 1 is 1.35 bits per heavy atom. The van der Waals surface area contributed by atoms with E-state index in [-0.39, 0.29) is 24.0 Å². The lowest BCUT2D eigenvalue weighted by atomic mass is 10.0. The van der Waals surface area contributed by atoms with E-state index >= 15 is 0 Å². The van der Waals surface area contributed by atoms with E-state index in [2.05, 4.69) is 44.5 Å². The van der Waals surface area contributed by atoms with E-state index in [1.54, 1.807) is 11.0 Å². The first-order valence-corrected chi connectivity index (χ1v) is 8.33. The summed E-state index contributed by atoms with van der Waals surface area (Å²) in [5, 5.41) is 10.8. The molecule has 0 aromatic carbocycles. The number of halogens is 1. The molecule has 2 N–H and O–H groups in total. The Hall–Kier alpha value is -0.900. The Kier molecular flexibility index (Phi) is 9.46. The number of hydrogen-bond donors (Lipinski definition) is 2. The highest BCUT2D eigenvalue weighted by atomic mass is 127. The van der Waals surface area contributed by atoms with Crippen LogP contribution in [0.3, 0.4) is 0 Å². The molecule has 0 aliphatic carbocycles. The number of hydrogen-bond acceptors (Lipinski definition) is 4. The van der Waals surface area contributed by atoms with Crippen LogP contribution in [0.15, 0.2) is 11.3 Å².